The highest BCUT2D eigenvalue weighted by molar-refractivity contribution is 7.87. The minimum Gasteiger partial charge on any atom is -0.379 e. The molecule has 0 saturated carbocycles. The Bertz CT molecular complexity index is 2020. The Kier molecular flexibility index (Phi) is 7.51. The van der Waals surface area contributed by atoms with Gasteiger partial charge in [-0.15, -0.1) is 0 Å². The van der Waals surface area contributed by atoms with Gasteiger partial charge in [-0.3, -0.25) is 24.1 Å². The number of piperazine rings is 1. The molecule has 2 aromatic heterocycles. The quantitative estimate of drug-likeness (QED) is 0.270. The van der Waals surface area contributed by atoms with Crippen LogP contribution in [0.15, 0.2) is 112 Å². The van der Waals surface area contributed by atoms with Crippen molar-refractivity contribution in [2.45, 2.75) is 18.0 Å². The highest BCUT2D eigenvalue weighted by atomic mass is 32.2. The Hall–Kier alpha value is -5.23. The Balaban J connectivity index is 1.19. The number of H-pyrrole nitrogens is 1. The molecule has 1 saturated heterocycles. The monoisotopic (exact) mass is 597 g/mol. The van der Waals surface area contributed by atoms with E-state index >= 15 is 0 Å². The van der Waals surface area contributed by atoms with Crippen LogP contribution in [0.25, 0.3) is 10.8 Å². The zero-order chi connectivity index (χ0) is 30.0. The zero-order valence-electron chi connectivity index (χ0n) is 22.9. The van der Waals surface area contributed by atoms with Crippen LogP contribution in [0.1, 0.15) is 11.1 Å². The molecule has 0 spiro atoms. The SMILES string of the molecule is O=C1CN(c2cc(=O)[nH]c(=O)n2Cc2ccc(OS(=O)(=O)c3cccc4cnccc34)cc2)CCN1Cc1ccccc1. The number of carbonyl (C=O) groups excluding carboxylic acids is 1. The summed E-state index contributed by atoms with van der Waals surface area (Å²) in [5.74, 6) is 0.318. The van der Waals surface area contributed by atoms with Crippen molar-refractivity contribution in [2.24, 2.45) is 0 Å². The lowest BCUT2D eigenvalue weighted by Crippen LogP contribution is -2.51. The second-order valence-corrected chi connectivity index (χ2v) is 11.7. The minimum absolute atomic E-state index is 0.0184. The van der Waals surface area contributed by atoms with Gasteiger partial charge < -0.3 is 14.0 Å². The highest BCUT2D eigenvalue weighted by Gasteiger charge is 2.26. The smallest absolute Gasteiger partial charge is 0.339 e. The topological polar surface area (TPSA) is 135 Å². The number of rotatable bonds is 8. The average molecular weight is 598 g/mol. The van der Waals surface area contributed by atoms with Crippen molar-refractivity contribution in [3.05, 3.63) is 129 Å². The molecule has 218 valence electrons. The second-order valence-electron chi connectivity index (χ2n) is 10.1. The Morgan fingerprint density at radius 3 is 2.37 bits per heavy atom. The first-order valence-electron chi connectivity index (χ1n) is 13.5. The molecular weight excluding hydrogens is 570 g/mol. The average Bonchev–Trinajstić information content (AvgIpc) is 3.00. The summed E-state index contributed by atoms with van der Waals surface area (Å²) in [7, 11) is -4.14. The van der Waals surface area contributed by atoms with E-state index in [0.29, 0.717) is 41.8 Å². The Labute approximate surface area is 246 Å². The summed E-state index contributed by atoms with van der Waals surface area (Å²) in [6.07, 6.45) is 3.10. The number of hydrogen-bond donors (Lipinski definition) is 1. The van der Waals surface area contributed by atoms with Gasteiger partial charge in [0, 0.05) is 48.9 Å². The number of fused-ring (bicyclic) bond motifs is 1. The van der Waals surface area contributed by atoms with E-state index in [0.717, 1.165) is 5.56 Å². The van der Waals surface area contributed by atoms with Gasteiger partial charge in [0.15, 0.2) is 0 Å². The summed E-state index contributed by atoms with van der Waals surface area (Å²) < 4.78 is 33.0. The predicted octanol–water partition coefficient (Wildman–Crippen LogP) is 2.75. The van der Waals surface area contributed by atoms with Crippen molar-refractivity contribution in [3.8, 4) is 5.75 Å². The van der Waals surface area contributed by atoms with Crippen LogP contribution in [-0.4, -0.2) is 53.4 Å². The lowest BCUT2D eigenvalue weighted by molar-refractivity contribution is -0.131. The van der Waals surface area contributed by atoms with E-state index in [2.05, 4.69) is 9.97 Å². The van der Waals surface area contributed by atoms with E-state index in [-0.39, 0.29) is 29.6 Å². The van der Waals surface area contributed by atoms with Crippen LogP contribution >= 0.6 is 0 Å². The number of aromatic nitrogens is 3. The maximum Gasteiger partial charge on any atom is 0.339 e. The normalized spacial score (nSPS) is 13.8. The molecule has 1 aliphatic heterocycles. The maximum atomic E-state index is 13.1. The van der Waals surface area contributed by atoms with Gasteiger partial charge in [0.25, 0.3) is 5.56 Å². The van der Waals surface area contributed by atoms with E-state index in [4.69, 9.17) is 4.18 Å². The molecule has 0 atom stereocenters. The Morgan fingerprint density at radius 1 is 0.837 bits per heavy atom. The fourth-order valence-corrected chi connectivity index (χ4v) is 6.27. The summed E-state index contributed by atoms with van der Waals surface area (Å²) in [6, 6.07) is 23.8. The molecule has 0 aliphatic carbocycles. The largest absolute Gasteiger partial charge is 0.379 e. The third-order valence-electron chi connectivity index (χ3n) is 7.25. The van der Waals surface area contributed by atoms with Gasteiger partial charge in [0.05, 0.1) is 13.1 Å². The molecule has 11 nitrogen and oxygen atoms in total. The molecule has 3 heterocycles. The number of amides is 1. The summed E-state index contributed by atoms with van der Waals surface area (Å²) in [6.45, 7) is 1.45. The first kappa shape index (κ1) is 27.9. The van der Waals surface area contributed by atoms with Gasteiger partial charge in [-0.1, -0.05) is 54.6 Å². The van der Waals surface area contributed by atoms with Crippen LogP contribution in [-0.2, 0) is 28.0 Å². The van der Waals surface area contributed by atoms with Crippen molar-refractivity contribution in [1.82, 2.24) is 19.4 Å². The number of nitrogens with zero attached hydrogens (tertiary/aromatic N) is 4. The summed E-state index contributed by atoms with van der Waals surface area (Å²) >= 11 is 0. The van der Waals surface area contributed by atoms with E-state index < -0.39 is 21.4 Å². The molecule has 1 fully saturated rings. The summed E-state index contributed by atoms with van der Waals surface area (Å²) in [5.41, 5.74) is 0.501. The van der Waals surface area contributed by atoms with Crippen molar-refractivity contribution >= 4 is 32.6 Å². The Morgan fingerprint density at radius 2 is 1.60 bits per heavy atom. The van der Waals surface area contributed by atoms with Gasteiger partial charge in [-0.25, -0.2) is 4.79 Å². The fourth-order valence-electron chi connectivity index (χ4n) is 5.11. The molecule has 0 unspecified atom stereocenters. The van der Waals surface area contributed by atoms with E-state index in [1.807, 2.05) is 30.3 Å². The summed E-state index contributed by atoms with van der Waals surface area (Å²) in [5, 5.41) is 1.17. The van der Waals surface area contributed by atoms with Crippen LogP contribution in [0.4, 0.5) is 5.82 Å². The third-order valence-corrected chi connectivity index (χ3v) is 8.56. The minimum atomic E-state index is -4.14. The number of carbonyl (C=O) groups is 1. The molecule has 12 heteroatoms. The number of aromatic amines is 1. The molecular formula is C31H27N5O6S. The van der Waals surface area contributed by atoms with Gasteiger partial charge >= 0.3 is 15.8 Å². The van der Waals surface area contributed by atoms with Crippen molar-refractivity contribution in [1.29, 1.82) is 0 Å². The molecule has 0 radical (unpaired) electrons. The standard InChI is InChI=1S/C31H27N5O6S/c37-28-17-29(34-15-16-35(30(38)21-34)19-22-5-2-1-3-6-22)36(31(39)33-28)20-23-9-11-25(12-10-23)42-43(40,41)27-8-4-7-24-18-32-14-13-26(24)27/h1-14,17-18H,15-16,19-21H2,(H,33,37,39). The van der Waals surface area contributed by atoms with Crippen molar-refractivity contribution < 1.29 is 17.4 Å². The predicted molar refractivity (Wildman–Crippen MR) is 160 cm³/mol. The van der Waals surface area contributed by atoms with E-state index in [1.54, 1.807) is 46.3 Å². The van der Waals surface area contributed by atoms with Crippen LogP contribution in [0.3, 0.4) is 0 Å². The second kappa shape index (κ2) is 11.6. The number of pyridine rings is 1. The lowest BCUT2D eigenvalue weighted by atomic mass is 10.2. The van der Waals surface area contributed by atoms with Crippen LogP contribution in [0.2, 0.25) is 0 Å². The van der Waals surface area contributed by atoms with Crippen LogP contribution < -0.4 is 20.3 Å². The molecule has 1 amide bonds. The number of benzene rings is 3. The van der Waals surface area contributed by atoms with Gasteiger partial charge in [-0.05, 0) is 35.4 Å². The molecule has 5 aromatic rings. The first-order valence-corrected chi connectivity index (χ1v) is 14.9. The van der Waals surface area contributed by atoms with E-state index in [1.165, 1.54) is 35.0 Å². The van der Waals surface area contributed by atoms with Crippen molar-refractivity contribution in [2.75, 3.05) is 24.5 Å². The zero-order valence-corrected chi connectivity index (χ0v) is 23.7. The van der Waals surface area contributed by atoms with Gasteiger partial charge in [0.2, 0.25) is 5.91 Å². The van der Waals surface area contributed by atoms with Crippen molar-refractivity contribution in [3.63, 3.8) is 0 Å². The number of hydrogen-bond acceptors (Lipinski definition) is 8. The van der Waals surface area contributed by atoms with Gasteiger partial charge in [-0.2, -0.15) is 8.42 Å². The lowest BCUT2D eigenvalue weighted by Gasteiger charge is -2.36. The fraction of sp³-hybridized carbons (Fsp3) is 0.161. The third kappa shape index (κ3) is 6.04. The molecule has 6 rings (SSSR count). The molecule has 0 bridgehead atoms. The van der Waals surface area contributed by atoms with Crippen LogP contribution in [0, 0.1) is 0 Å². The molecule has 3 aromatic carbocycles. The van der Waals surface area contributed by atoms with E-state index in [9.17, 15) is 22.8 Å². The first-order chi connectivity index (χ1) is 20.8. The summed E-state index contributed by atoms with van der Waals surface area (Å²) in [4.78, 5) is 48.0. The highest BCUT2D eigenvalue weighted by Crippen LogP contribution is 2.26. The van der Waals surface area contributed by atoms with Crippen LogP contribution in [0.5, 0.6) is 5.75 Å². The maximum absolute atomic E-state index is 13.1. The van der Waals surface area contributed by atoms with Gasteiger partial charge in [0.1, 0.15) is 16.5 Å². The molecule has 1 aliphatic rings. The number of nitrogens with one attached hydrogen (secondary N) is 1. The molecule has 43 heavy (non-hydrogen) atoms. The molecule has 1 N–H and O–H groups in total. The number of anilines is 1.